The van der Waals surface area contributed by atoms with Crippen molar-refractivity contribution in [3.05, 3.63) is 47.6 Å². The predicted molar refractivity (Wildman–Crippen MR) is 161 cm³/mol. The number of aliphatic hydroxyl groups excluding tert-OH is 1. The molecule has 2 amide bonds. The summed E-state index contributed by atoms with van der Waals surface area (Å²) in [5.74, 6) is -2.14. The quantitative estimate of drug-likeness (QED) is 0.128. The minimum atomic E-state index is -1.04. The van der Waals surface area contributed by atoms with Gasteiger partial charge in [0.2, 0.25) is 0 Å². The van der Waals surface area contributed by atoms with Crippen molar-refractivity contribution in [3.63, 3.8) is 0 Å². The fourth-order valence-corrected chi connectivity index (χ4v) is 5.85. The Bertz CT molecular complexity index is 914. The van der Waals surface area contributed by atoms with Crippen molar-refractivity contribution in [1.29, 1.82) is 0 Å². The number of thiol groups is 1. The van der Waals surface area contributed by atoms with Gasteiger partial charge >= 0.3 is 18.0 Å². The molecule has 0 fully saturated rings. The summed E-state index contributed by atoms with van der Waals surface area (Å²) in [6.45, 7) is 12.4. The van der Waals surface area contributed by atoms with E-state index in [4.69, 9.17) is 12.6 Å². The van der Waals surface area contributed by atoms with E-state index in [9.17, 15) is 29.7 Å². The molecule has 40 heavy (non-hydrogen) atoms. The summed E-state index contributed by atoms with van der Waals surface area (Å²) >= 11 is 4.73. The van der Waals surface area contributed by atoms with E-state index in [-0.39, 0.29) is 40.2 Å². The fourth-order valence-electron chi connectivity index (χ4n) is 5.45. The number of carbonyl (C=O) groups is 3. The summed E-state index contributed by atoms with van der Waals surface area (Å²) in [6, 6.07) is -0.290. The number of carboxylic acid groups (broad SMARTS) is 2. The molecule has 0 aromatic heterocycles. The highest BCUT2D eigenvalue weighted by Crippen LogP contribution is 2.32. The number of amides is 2. The van der Waals surface area contributed by atoms with E-state index >= 15 is 0 Å². The van der Waals surface area contributed by atoms with Crippen LogP contribution in [0.4, 0.5) is 4.79 Å². The Morgan fingerprint density at radius 2 is 1.27 bits per heavy atom. The van der Waals surface area contributed by atoms with Crippen molar-refractivity contribution in [2.75, 3.05) is 13.1 Å². The number of hydrogen-bond acceptors (Lipinski definition) is 5. The largest absolute Gasteiger partial charge is 0.478 e. The minimum Gasteiger partial charge on any atom is -0.478 e. The lowest BCUT2D eigenvalue weighted by molar-refractivity contribution is -0.134. The van der Waals surface area contributed by atoms with Gasteiger partial charge in [-0.3, -0.25) is 0 Å². The summed E-state index contributed by atoms with van der Waals surface area (Å²) < 4.78 is 0. The van der Waals surface area contributed by atoms with Gasteiger partial charge < -0.3 is 26.0 Å². The summed E-state index contributed by atoms with van der Waals surface area (Å²) in [7, 11) is 0. The number of aliphatic carboxylic acids is 2. The van der Waals surface area contributed by atoms with Crippen LogP contribution in [0.25, 0.3) is 0 Å². The summed E-state index contributed by atoms with van der Waals surface area (Å²) in [5, 5.41) is 35.4. The van der Waals surface area contributed by atoms with Crippen LogP contribution in [0.5, 0.6) is 0 Å². The van der Waals surface area contributed by atoms with Crippen LogP contribution in [-0.2, 0) is 9.59 Å². The molecule has 2 rings (SSSR count). The lowest BCUT2D eigenvalue weighted by Crippen LogP contribution is -2.37. The van der Waals surface area contributed by atoms with Crippen LogP contribution >= 0.6 is 12.6 Å². The van der Waals surface area contributed by atoms with E-state index in [1.165, 1.54) is 0 Å². The highest BCUT2D eigenvalue weighted by atomic mass is 32.1. The molecule has 0 spiro atoms. The molecule has 6 atom stereocenters. The molecule has 8 nitrogen and oxygen atoms in total. The normalized spacial score (nSPS) is 31.3. The minimum absolute atomic E-state index is 0.0374. The average Bonchev–Trinajstić information content (AvgIpc) is 2.91. The maximum Gasteiger partial charge on any atom is 0.331 e. The molecule has 2 aliphatic carbocycles. The topological polar surface area (TPSA) is 136 Å². The van der Waals surface area contributed by atoms with Crippen molar-refractivity contribution >= 4 is 30.6 Å². The van der Waals surface area contributed by atoms with Crippen LogP contribution in [0.1, 0.15) is 78.1 Å². The van der Waals surface area contributed by atoms with Crippen LogP contribution in [0.2, 0.25) is 0 Å². The molecule has 5 N–H and O–H groups in total. The molecule has 0 saturated carbocycles. The molecule has 0 aliphatic heterocycles. The van der Waals surface area contributed by atoms with Crippen LogP contribution in [0, 0.1) is 23.7 Å². The molecule has 0 aromatic rings. The maximum atomic E-state index is 12.7. The van der Waals surface area contributed by atoms with E-state index in [0.717, 1.165) is 36.8 Å². The molecule has 0 aromatic carbocycles. The summed E-state index contributed by atoms with van der Waals surface area (Å²) in [6.07, 6.45) is 10.6. The third-order valence-corrected chi connectivity index (χ3v) is 9.31. The highest BCUT2D eigenvalue weighted by molar-refractivity contribution is 7.81. The lowest BCUT2D eigenvalue weighted by atomic mass is 9.82. The van der Waals surface area contributed by atoms with Gasteiger partial charge in [0.1, 0.15) is 0 Å². The predicted octanol–water partition coefficient (Wildman–Crippen LogP) is 5.51. The van der Waals surface area contributed by atoms with Gasteiger partial charge in [-0.15, -0.1) is 0 Å². The first-order valence-electron chi connectivity index (χ1n) is 14.5. The van der Waals surface area contributed by atoms with E-state index in [1.54, 1.807) is 0 Å². The second-order valence-corrected chi connectivity index (χ2v) is 12.3. The number of carbonyl (C=O) groups excluding carboxylic acids is 1. The van der Waals surface area contributed by atoms with Gasteiger partial charge in [-0.2, -0.15) is 12.6 Å². The Morgan fingerprint density at radius 1 is 0.825 bits per heavy atom. The number of urea groups is 1. The van der Waals surface area contributed by atoms with Crippen LogP contribution in [-0.4, -0.2) is 57.7 Å². The number of aliphatic hydroxyl groups is 1. The van der Waals surface area contributed by atoms with Crippen LogP contribution in [0.3, 0.4) is 0 Å². The van der Waals surface area contributed by atoms with Gasteiger partial charge in [0.05, 0.1) is 6.10 Å². The third-order valence-electron chi connectivity index (χ3n) is 8.59. The third kappa shape index (κ3) is 11.2. The van der Waals surface area contributed by atoms with Crippen molar-refractivity contribution in [3.8, 4) is 0 Å². The zero-order valence-electron chi connectivity index (χ0n) is 24.0. The summed E-state index contributed by atoms with van der Waals surface area (Å²) in [4.78, 5) is 35.8. The van der Waals surface area contributed by atoms with Crippen molar-refractivity contribution < 1.29 is 29.7 Å². The molecule has 0 radical (unpaired) electrons. The van der Waals surface area contributed by atoms with Gasteiger partial charge in [0.25, 0.3) is 0 Å². The molecule has 0 bridgehead atoms. The Labute approximate surface area is 244 Å². The number of carboxylic acids is 2. The smallest absolute Gasteiger partial charge is 0.331 e. The molecular weight excluding hydrogens is 528 g/mol. The van der Waals surface area contributed by atoms with E-state index < -0.39 is 18.0 Å². The number of rotatable bonds is 8. The molecule has 9 heteroatoms. The van der Waals surface area contributed by atoms with Gasteiger partial charge in [0, 0.05) is 29.5 Å². The standard InChI is InChI=1S/C31H48N2O6S/c1-19-7-5-9-23(11-13-25(15-27(19)34)21(3)29(35)36)17-32-31(39)33-18-24-10-6-8-20(2)28(40)16-26(14-12-24)22(4)30(37)38/h9-10,19-20,25-28,34,40H,3-8,11-18H2,1-2H3,(H,35,36)(H,37,38)(H2,32,33,39)/b23-9+,24-10+. The molecule has 0 heterocycles. The average molecular weight is 577 g/mol. The molecule has 6 unspecified atom stereocenters. The molecule has 0 saturated heterocycles. The number of allylic oxidation sites excluding steroid dienone is 2. The van der Waals surface area contributed by atoms with Gasteiger partial charge in [-0.1, -0.05) is 50.3 Å². The van der Waals surface area contributed by atoms with Crippen LogP contribution < -0.4 is 10.6 Å². The van der Waals surface area contributed by atoms with E-state index in [2.05, 4.69) is 42.9 Å². The highest BCUT2D eigenvalue weighted by Gasteiger charge is 2.27. The Morgan fingerprint density at radius 3 is 1.75 bits per heavy atom. The first kappa shape index (κ1) is 33.7. The Kier molecular flexibility index (Phi) is 14.0. The van der Waals surface area contributed by atoms with Crippen molar-refractivity contribution in [2.45, 2.75) is 89.4 Å². The zero-order valence-corrected chi connectivity index (χ0v) is 24.9. The first-order chi connectivity index (χ1) is 18.9. The number of nitrogens with one attached hydrogen (secondary N) is 2. The van der Waals surface area contributed by atoms with E-state index in [0.29, 0.717) is 57.5 Å². The van der Waals surface area contributed by atoms with Crippen LogP contribution in [0.15, 0.2) is 47.6 Å². The van der Waals surface area contributed by atoms with E-state index in [1.807, 2.05) is 6.92 Å². The first-order valence-corrected chi connectivity index (χ1v) is 15.0. The van der Waals surface area contributed by atoms with Gasteiger partial charge in [-0.25, -0.2) is 14.4 Å². The zero-order chi connectivity index (χ0) is 29.8. The Hall–Kier alpha value is -2.52. The van der Waals surface area contributed by atoms with Crippen molar-refractivity contribution in [1.82, 2.24) is 10.6 Å². The van der Waals surface area contributed by atoms with Gasteiger partial charge in [-0.05, 0) is 87.9 Å². The monoisotopic (exact) mass is 576 g/mol. The molecule has 2 aliphatic rings. The van der Waals surface area contributed by atoms with Gasteiger partial charge in [0.15, 0.2) is 0 Å². The van der Waals surface area contributed by atoms with Crippen molar-refractivity contribution in [2.24, 2.45) is 23.7 Å². The Balaban J connectivity index is 1.96. The second-order valence-electron chi connectivity index (χ2n) is 11.6. The second kappa shape index (κ2) is 16.7. The number of hydrogen-bond donors (Lipinski definition) is 6. The molecular formula is C31H48N2O6S. The maximum absolute atomic E-state index is 12.7. The fraction of sp³-hybridized carbons (Fsp3) is 0.645. The SMILES string of the molecule is C=C(C(=O)O)C1CC/C(CNC(=O)NC/C2=C/CCC(C)C(S)CC(C(=C)C(=O)O)CC2)=C\CCC(C)C(O)C1. The lowest BCUT2D eigenvalue weighted by Gasteiger charge is -2.27. The molecule has 224 valence electrons. The summed E-state index contributed by atoms with van der Waals surface area (Å²) in [5.41, 5.74) is 2.44.